The first kappa shape index (κ1) is 11.9. The summed E-state index contributed by atoms with van der Waals surface area (Å²) >= 11 is 0. The highest BCUT2D eigenvalue weighted by atomic mass is 28.2. The maximum Gasteiger partial charge on any atom is 0.161 e. The molecule has 0 saturated heterocycles. The minimum absolute atomic E-state index is 0.238. The van der Waals surface area contributed by atoms with E-state index in [0.29, 0.717) is 6.61 Å². The first-order valence-corrected chi connectivity index (χ1v) is 6.15. The summed E-state index contributed by atoms with van der Waals surface area (Å²) in [6.45, 7) is 10.2. The van der Waals surface area contributed by atoms with Crippen LogP contribution in [0.5, 0.6) is 0 Å². The van der Waals surface area contributed by atoms with E-state index in [1.54, 1.807) is 0 Å². The van der Waals surface area contributed by atoms with Gasteiger partial charge in [-0.3, -0.25) is 0 Å². The van der Waals surface area contributed by atoms with Crippen LogP contribution in [0.4, 0.5) is 0 Å². The van der Waals surface area contributed by atoms with Crippen molar-refractivity contribution in [1.82, 2.24) is 0 Å². The molecule has 0 amide bonds. The molecule has 0 aliphatic carbocycles. The van der Waals surface area contributed by atoms with Gasteiger partial charge >= 0.3 is 0 Å². The van der Waals surface area contributed by atoms with Gasteiger partial charge in [-0.1, -0.05) is 12.2 Å². The van der Waals surface area contributed by atoms with Crippen LogP contribution in [0.25, 0.3) is 0 Å². The van der Waals surface area contributed by atoms with Crippen LogP contribution in [0.15, 0.2) is 12.2 Å². The minimum Gasteiger partial charge on any atom is -0.424 e. The van der Waals surface area contributed by atoms with E-state index < -0.39 is 0 Å². The average Bonchev–Trinajstić information content (AvgIpc) is 2.02. The molecule has 0 spiro atoms. The van der Waals surface area contributed by atoms with E-state index in [9.17, 15) is 0 Å². The number of ether oxygens (including phenoxy) is 1. The number of hydrogen-bond donors (Lipinski definition) is 0. The Balaban J connectivity index is 2.86. The highest BCUT2D eigenvalue weighted by Gasteiger charge is 1.90. The van der Waals surface area contributed by atoms with Gasteiger partial charge in [0.1, 0.15) is 0 Å². The summed E-state index contributed by atoms with van der Waals surface area (Å²) in [5.41, 5.74) is 1.09. The Labute approximate surface area is 77.9 Å². The summed E-state index contributed by atoms with van der Waals surface area (Å²) in [6, 6.07) is 1.23. The normalized spacial score (nSPS) is 11.2. The van der Waals surface area contributed by atoms with E-state index in [-0.39, 0.29) is 9.76 Å². The Kier molecular flexibility index (Phi) is 8.88. The Bertz CT molecular complexity index is 115. The van der Waals surface area contributed by atoms with Gasteiger partial charge in [-0.15, -0.1) is 0 Å². The van der Waals surface area contributed by atoms with Crippen LogP contribution in [0, 0.1) is 0 Å². The molecule has 0 aromatic rings. The largest absolute Gasteiger partial charge is 0.424 e. The Morgan fingerprint density at radius 2 is 2.25 bits per heavy atom. The molecule has 0 aliphatic rings. The van der Waals surface area contributed by atoms with Crippen molar-refractivity contribution in [2.45, 2.75) is 26.3 Å². The van der Waals surface area contributed by atoms with Crippen molar-refractivity contribution in [3.05, 3.63) is 12.2 Å². The third-order valence-electron chi connectivity index (χ3n) is 1.38. The fraction of sp³-hybridized carbons (Fsp3) is 0.778. The molecule has 0 unspecified atom stereocenters. The summed E-state index contributed by atoms with van der Waals surface area (Å²) in [4.78, 5) is 0. The van der Waals surface area contributed by atoms with Gasteiger partial charge < -0.3 is 9.16 Å². The molecule has 0 heterocycles. The Hall–Kier alpha value is -0.123. The van der Waals surface area contributed by atoms with Crippen LogP contribution in [0.2, 0.25) is 6.04 Å². The van der Waals surface area contributed by atoms with Gasteiger partial charge in [0.05, 0.1) is 6.61 Å². The third-order valence-corrected chi connectivity index (χ3v) is 2.87. The molecule has 0 saturated carbocycles. The van der Waals surface area contributed by atoms with Gasteiger partial charge in [-0.05, 0) is 26.3 Å². The Morgan fingerprint density at radius 3 is 2.83 bits per heavy atom. The Morgan fingerprint density at radius 1 is 1.50 bits per heavy atom. The zero-order valence-corrected chi connectivity index (χ0v) is 9.68. The predicted octanol–water partition coefficient (Wildman–Crippen LogP) is 1.51. The second kappa shape index (κ2) is 8.97. The maximum absolute atomic E-state index is 5.34. The van der Waals surface area contributed by atoms with Crippen molar-refractivity contribution in [1.29, 1.82) is 0 Å². The third kappa shape index (κ3) is 9.88. The van der Waals surface area contributed by atoms with E-state index in [4.69, 9.17) is 9.16 Å². The molecular weight excluding hydrogens is 168 g/mol. The predicted molar refractivity (Wildman–Crippen MR) is 55.2 cm³/mol. The van der Waals surface area contributed by atoms with Crippen LogP contribution >= 0.6 is 0 Å². The molecule has 2 nitrogen and oxygen atoms in total. The summed E-state index contributed by atoms with van der Waals surface area (Å²) in [5, 5.41) is 0. The number of rotatable bonds is 8. The molecular formula is C9H20O2Si. The number of hydrogen-bond acceptors (Lipinski definition) is 2. The molecule has 0 fully saturated rings. The topological polar surface area (TPSA) is 18.5 Å². The lowest BCUT2D eigenvalue weighted by atomic mass is 10.4. The lowest BCUT2D eigenvalue weighted by Gasteiger charge is -2.03. The van der Waals surface area contributed by atoms with Gasteiger partial charge in [-0.25, -0.2) is 0 Å². The van der Waals surface area contributed by atoms with Gasteiger partial charge in [-0.2, -0.15) is 0 Å². The van der Waals surface area contributed by atoms with Gasteiger partial charge in [0.2, 0.25) is 0 Å². The standard InChI is InChI=1S/C9H20O2Si/c1-4-11-12-7-5-6-10-8-9(2)3/h2,4-8,12H2,1,3H3. The maximum atomic E-state index is 5.34. The van der Waals surface area contributed by atoms with Crippen molar-refractivity contribution >= 4 is 9.76 Å². The summed E-state index contributed by atoms with van der Waals surface area (Å²) < 4.78 is 10.7. The molecule has 0 aromatic carbocycles. The fourth-order valence-electron chi connectivity index (χ4n) is 0.799. The van der Waals surface area contributed by atoms with Crippen molar-refractivity contribution < 1.29 is 9.16 Å². The summed E-state index contributed by atoms with van der Waals surface area (Å²) in [6.07, 6.45) is 1.14. The molecule has 0 N–H and O–H groups in total. The van der Waals surface area contributed by atoms with Crippen LogP contribution in [-0.2, 0) is 9.16 Å². The zero-order chi connectivity index (χ0) is 9.23. The van der Waals surface area contributed by atoms with Crippen molar-refractivity contribution in [3.8, 4) is 0 Å². The average molecular weight is 188 g/mol. The van der Waals surface area contributed by atoms with E-state index in [0.717, 1.165) is 25.2 Å². The summed E-state index contributed by atoms with van der Waals surface area (Å²) in [5.74, 6) is 0. The second-order valence-corrected chi connectivity index (χ2v) is 4.44. The van der Waals surface area contributed by atoms with E-state index in [1.165, 1.54) is 6.04 Å². The van der Waals surface area contributed by atoms with Gasteiger partial charge in [0, 0.05) is 13.2 Å². The highest BCUT2D eigenvalue weighted by Crippen LogP contribution is 1.93. The lowest BCUT2D eigenvalue weighted by molar-refractivity contribution is 0.156. The molecule has 0 radical (unpaired) electrons. The molecule has 12 heavy (non-hydrogen) atoms. The van der Waals surface area contributed by atoms with E-state index >= 15 is 0 Å². The molecule has 0 bridgehead atoms. The second-order valence-electron chi connectivity index (χ2n) is 2.91. The summed E-state index contributed by atoms with van der Waals surface area (Å²) in [7, 11) is -0.238. The minimum atomic E-state index is -0.238. The quantitative estimate of drug-likeness (QED) is 0.326. The van der Waals surface area contributed by atoms with Crippen molar-refractivity contribution in [3.63, 3.8) is 0 Å². The monoisotopic (exact) mass is 188 g/mol. The fourth-order valence-corrected chi connectivity index (χ4v) is 1.70. The molecule has 0 aliphatic heterocycles. The van der Waals surface area contributed by atoms with Crippen LogP contribution in [-0.4, -0.2) is 29.6 Å². The molecule has 0 aromatic heterocycles. The highest BCUT2D eigenvalue weighted by molar-refractivity contribution is 6.26. The van der Waals surface area contributed by atoms with E-state index in [2.05, 4.69) is 6.58 Å². The lowest BCUT2D eigenvalue weighted by Crippen LogP contribution is -2.01. The first-order chi connectivity index (χ1) is 5.77. The molecule has 0 rings (SSSR count). The van der Waals surface area contributed by atoms with Crippen LogP contribution < -0.4 is 0 Å². The van der Waals surface area contributed by atoms with Crippen LogP contribution in [0.1, 0.15) is 20.3 Å². The first-order valence-electron chi connectivity index (χ1n) is 4.57. The van der Waals surface area contributed by atoms with Gasteiger partial charge in [0.15, 0.2) is 9.76 Å². The SMILES string of the molecule is C=C(C)COCCC[SiH2]OCC. The van der Waals surface area contributed by atoms with E-state index in [1.807, 2.05) is 13.8 Å². The van der Waals surface area contributed by atoms with Gasteiger partial charge in [0.25, 0.3) is 0 Å². The molecule has 0 atom stereocenters. The van der Waals surface area contributed by atoms with Crippen molar-refractivity contribution in [2.24, 2.45) is 0 Å². The zero-order valence-electron chi connectivity index (χ0n) is 8.27. The molecule has 72 valence electrons. The van der Waals surface area contributed by atoms with Crippen molar-refractivity contribution in [2.75, 3.05) is 19.8 Å². The smallest absolute Gasteiger partial charge is 0.161 e. The molecule has 3 heteroatoms. The van der Waals surface area contributed by atoms with Crippen LogP contribution in [0.3, 0.4) is 0 Å².